The summed E-state index contributed by atoms with van der Waals surface area (Å²) >= 11 is 6.24. The van der Waals surface area contributed by atoms with Crippen LogP contribution in [0.3, 0.4) is 0 Å². The summed E-state index contributed by atoms with van der Waals surface area (Å²) in [4.78, 5) is 12.8. The van der Waals surface area contributed by atoms with E-state index in [0.717, 1.165) is 42.4 Å². The van der Waals surface area contributed by atoms with Gasteiger partial charge in [0.25, 0.3) is 5.91 Å². The number of nitrogens with one attached hydrogen (secondary N) is 1. The highest BCUT2D eigenvalue weighted by Crippen LogP contribution is 2.43. The minimum Gasteiger partial charge on any atom is -0.509 e. The van der Waals surface area contributed by atoms with Gasteiger partial charge in [-0.05, 0) is 67.3 Å². The van der Waals surface area contributed by atoms with Gasteiger partial charge < -0.3 is 15.2 Å². The van der Waals surface area contributed by atoms with Crippen molar-refractivity contribution in [3.8, 4) is 0 Å². The average Bonchev–Trinajstić information content (AvgIpc) is 2.85. The number of amides is 1. The molecule has 0 aromatic heterocycles. The normalized spacial score (nSPS) is 26.4. The molecule has 0 unspecified atom stereocenters. The molecular weight excluding hydrogens is 338 g/mol. The molecule has 0 saturated heterocycles. The number of rotatable bonds is 4. The second-order valence-electron chi connectivity index (χ2n) is 7.00. The summed E-state index contributed by atoms with van der Waals surface area (Å²) in [5.41, 5.74) is 2.65. The molecule has 1 heterocycles. The van der Waals surface area contributed by atoms with Gasteiger partial charge in [0, 0.05) is 12.1 Å². The molecule has 1 spiro atoms. The van der Waals surface area contributed by atoms with Gasteiger partial charge in [-0.15, -0.1) is 0 Å². The van der Waals surface area contributed by atoms with Gasteiger partial charge in [0.2, 0.25) is 0 Å². The van der Waals surface area contributed by atoms with Gasteiger partial charge in [0.1, 0.15) is 5.76 Å². The molecule has 1 aliphatic heterocycles. The van der Waals surface area contributed by atoms with Gasteiger partial charge in [0.15, 0.2) is 0 Å². The van der Waals surface area contributed by atoms with Crippen LogP contribution in [-0.2, 0) is 22.4 Å². The molecule has 3 rings (SSSR count). The Hall–Kier alpha value is -1.52. The number of aliphatic hydroxyl groups is 1. The number of aliphatic hydroxyl groups excluding tert-OH is 1. The second-order valence-corrected chi connectivity index (χ2v) is 7.44. The van der Waals surface area contributed by atoms with Crippen LogP contribution < -0.4 is 5.32 Å². The Bertz CT molecular complexity index is 693. The predicted octanol–water partition coefficient (Wildman–Crippen LogP) is 4.19. The van der Waals surface area contributed by atoms with Crippen molar-refractivity contribution >= 4 is 23.1 Å². The molecule has 0 radical (unpaired) electrons. The fourth-order valence-corrected chi connectivity index (χ4v) is 4.47. The highest BCUT2D eigenvalue weighted by atomic mass is 35.5. The molecule has 0 bridgehead atoms. The van der Waals surface area contributed by atoms with Crippen LogP contribution in [0.5, 0.6) is 0 Å². The van der Waals surface area contributed by atoms with Crippen molar-refractivity contribution in [2.24, 2.45) is 0 Å². The quantitative estimate of drug-likeness (QED) is 0.843. The number of methoxy groups -OCH3 is 1. The van der Waals surface area contributed by atoms with E-state index in [1.54, 1.807) is 7.11 Å². The molecule has 1 aromatic carbocycles. The Morgan fingerprint density at radius 3 is 2.28 bits per heavy atom. The number of carbonyl (C=O) groups is 1. The third-order valence-corrected chi connectivity index (χ3v) is 5.89. The minimum absolute atomic E-state index is 0.180. The van der Waals surface area contributed by atoms with E-state index in [1.807, 2.05) is 26.0 Å². The van der Waals surface area contributed by atoms with Crippen LogP contribution >= 0.6 is 11.6 Å². The summed E-state index contributed by atoms with van der Waals surface area (Å²) < 4.78 is 5.43. The van der Waals surface area contributed by atoms with Crippen molar-refractivity contribution in [3.63, 3.8) is 0 Å². The molecule has 1 aromatic rings. The van der Waals surface area contributed by atoms with Crippen molar-refractivity contribution in [2.45, 2.75) is 64.0 Å². The number of hydrogen-bond donors (Lipinski definition) is 2. The van der Waals surface area contributed by atoms with E-state index in [0.29, 0.717) is 23.4 Å². The lowest BCUT2D eigenvalue weighted by Crippen LogP contribution is -2.48. The lowest BCUT2D eigenvalue weighted by molar-refractivity contribution is -0.116. The van der Waals surface area contributed by atoms with E-state index in [-0.39, 0.29) is 17.8 Å². The molecule has 1 aliphatic carbocycles. The number of benzene rings is 1. The Kier molecular flexibility index (Phi) is 5.12. The molecule has 1 fully saturated rings. The third kappa shape index (κ3) is 3.06. The smallest absolute Gasteiger partial charge is 0.256 e. The maximum Gasteiger partial charge on any atom is 0.256 e. The topological polar surface area (TPSA) is 58.6 Å². The molecule has 2 aliphatic rings. The lowest BCUT2D eigenvalue weighted by Gasteiger charge is -2.36. The molecule has 2 N–H and O–H groups in total. The van der Waals surface area contributed by atoms with E-state index in [9.17, 15) is 9.90 Å². The third-order valence-electron chi connectivity index (χ3n) is 5.67. The zero-order valence-corrected chi connectivity index (χ0v) is 15.9. The average molecular weight is 364 g/mol. The van der Waals surface area contributed by atoms with Crippen LogP contribution in [-0.4, -0.2) is 29.8 Å². The van der Waals surface area contributed by atoms with Crippen molar-refractivity contribution < 1.29 is 14.6 Å². The largest absolute Gasteiger partial charge is 0.509 e. The van der Waals surface area contributed by atoms with Crippen molar-refractivity contribution in [1.82, 2.24) is 5.32 Å². The van der Waals surface area contributed by atoms with E-state index in [4.69, 9.17) is 16.3 Å². The molecular formula is C20H26ClNO3. The monoisotopic (exact) mass is 363 g/mol. The fourth-order valence-electron chi connectivity index (χ4n) is 4.20. The summed E-state index contributed by atoms with van der Waals surface area (Å²) in [6, 6.07) is 3.80. The van der Waals surface area contributed by atoms with Gasteiger partial charge in [-0.2, -0.15) is 0 Å². The van der Waals surface area contributed by atoms with Gasteiger partial charge >= 0.3 is 0 Å². The zero-order chi connectivity index (χ0) is 18.2. The molecule has 5 heteroatoms. The van der Waals surface area contributed by atoms with Crippen molar-refractivity contribution in [3.05, 3.63) is 39.6 Å². The number of ether oxygens (including phenoxy) is 1. The summed E-state index contributed by atoms with van der Waals surface area (Å²) in [7, 11) is 1.71. The minimum atomic E-state index is -0.642. The molecule has 0 atom stereocenters. The van der Waals surface area contributed by atoms with Crippen LogP contribution in [0.2, 0.25) is 5.02 Å². The van der Waals surface area contributed by atoms with Crippen molar-refractivity contribution in [1.29, 1.82) is 0 Å². The molecule has 1 amide bonds. The SMILES string of the molecule is CCc1cc(Cl)cc(CC)c1C1=C(O)[C@]2(CC[C@H](OC)CC2)NC1=O. The summed E-state index contributed by atoms with van der Waals surface area (Å²) in [5.74, 6) is 0.0128. The van der Waals surface area contributed by atoms with E-state index in [1.165, 1.54) is 0 Å². The summed E-state index contributed by atoms with van der Waals surface area (Å²) in [6.45, 7) is 4.08. The molecule has 136 valence electrons. The molecule has 4 nitrogen and oxygen atoms in total. The maximum atomic E-state index is 12.8. The first-order chi connectivity index (χ1) is 12.0. The Balaban J connectivity index is 2.09. The van der Waals surface area contributed by atoms with Gasteiger partial charge in [-0.3, -0.25) is 4.79 Å². The van der Waals surface area contributed by atoms with E-state index >= 15 is 0 Å². The van der Waals surface area contributed by atoms with Crippen LogP contribution in [0.25, 0.3) is 5.57 Å². The lowest BCUT2D eigenvalue weighted by atomic mass is 9.78. The Labute approximate surface area is 154 Å². The van der Waals surface area contributed by atoms with Crippen LogP contribution in [0.4, 0.5) is 0 Å². The highest BCUT2D eigenvalue weighted by Gasteiger charge is 2.48. The van der Waals surface area contributed by atoms with Crippen LogP contribution in [0, 0.1) is 0 Å². The van der Waals surface area contributed by atoms with Gasteiger partial charge in [-0.1, -0.05) is 25.4 Å². The summed E-state index contributed by atoms with van der Waals surface area (Å²) in [6.07, 6.45) is 4.77. The van der Waals surface area contributed by atoms with Gasteiger partial charge in [0.05, 0.1) is 17.2 Å². The number of hydrogen-bond acceptors (Lipinski definition) is 3. The number of aryl methyl sites for hydroxylation is 2. The van der Waals surface area contributed by atoms with Gasteiger partial charge in [-0.25, -0.2) is 0 Å². The first-order valence-electron chi connectivity index (χ1n) is 9.06. The van der Waals surface area contributed by atoms with Crippen LogP contribution in [0.15, 0.2) is 17.9 Å². The Morgan fingerprint density at radius 2 is 1.80 bits per heavy atom. The first-order valence-corrected chi connectivity index (χ1v) is 9.44. The fraction of sp³-hybridized carbons (Fsp3) is 0.550. The predicted molar refractivity (Wildman–Crippen MR) is 99.9 cm³/mol. The Morgan fingerprint density at radius 1 is 1.24 bits per heavy atom. The number of carbonyl (C=O) groups excluding carboxylic acids is 1. The molecule has 25 heavy (non-hydrogen) atoms. The highest BCUT2D eigenvalue weighted by molar-refractivity contribution is 6.31. The van der Waals surface area contributed by atoms with E-state index < -0.39 is 5.54 Å². The zero-order valence-electron chi connectivity index (χ0n) is 15.1. The second kappa shape index (κ2) is 7.00. The summed E-state index contributed by atoms with van der Waals surface area (Å²) in [5, 5.41) is 14.8. The first kappa shape index (κ1) is 18.3. The maximum absolute atomic E-state index is 12.8. The van der Waals surface area contributed by atoms with E-state index in [2.05, 4.69) is 5.32 Å². The van der Waals surface area contributed by atoms with Crippen molar-refractivity contribution in [2.75, 3.05) is 7.11 Å². The number of halogens is 1. The molecule has 1 saturated carbocycles. The van der Waals surface area contributed by atoms with Crippen LogP contribution in [0.1, 0.15) is 56.2 Å². The standard InChI is InChI=1S/C20H26ClNO3/c1-4-12-10-14(21)11-13(5-2)16(12)17-18(23)20(22-19(17)24)8-6-15(25-3)7-9-20/h10-11,15,23H,4-9H2,1-3H3,(H,22,24)/t15-,20+.